The molecule has 1 aromatic heterocycles. The molecule has 0 unspecified atom stereocenters. The van der Waals surface area contributed by atoms with Gasteiger partial charge in [-0.15, -0.1) is 0 Å². The number of aromatic nitrogens is 2. The van der Waals surface area contributed by atoms with Gasteiger partial charge in [0.1, 0.15) is 5.82 Å². The molecule has 0 saturated carbocycles. The highest BCUT2D eigenvalue weighted by molar-refractivity contribution is 5.04. The second-order valence-corrected chi connectivity index (χ2v) is 3.92. The Hall–Kier alpha value is -1.00. The molecule has 0 atom stereocenters. The zero-order valence-electron chi connectivity index (χ0n) is 9.82. The summed E-state index contributed by atoms with van der Waals surface area (Å²) in [5.74, 6) is 0.874. The maximum atomic E-state index is 4.30. The molecule has 0 spiro atoms. The van der Waals surface area contributed by atoms with Crippen LogP contribution >= 0.6 is 0 Å². The average molecular weight is 208 g/mol. The predicted molar refractivity (Wildman–Crippen MR) is 61.4 cm³/mol. The van der Waals surface area contributed by atoms with Gasteiger partial charge in [0.25, 0.3) is 0 Å². The summed E-state index contributed by atoms with van der Waals surface area (Å²) < 4.78 is 0. The maximum absolute atomic E-state index is 4.30. The fourth-order valence-corrected chi connectivity index (χ4v) is 1.25. The first-order valence-electron chi connectivity index (χ1n) is 5.37. The summed E-state index contributed by atoms with van der Waals surface area (Å²) in [6.45, 7) is 4.85. The van der Waals surface area contributed by atoms with Crippen molar-refractivity contribution in [2.45, 2.75) is 26.4 Å². The lowest BCUT2D eigenvalue weighted by Crippen LogP contribution is -2.16. The minimum Gasteiger partial charge on any atom is -0.313 e. The molecule has 0 fully saturated rings. The smallest absolute Gasteiger partial charge is 0.142 e. The summed E-state index contributed by atoms with van der Waals surface area (Å²) >= 11 is 0. The Kier molecular flexibility index (Phi) is 5.21. The van der Waals surface area contributed by atoms with Gasteiger partial charge < -0.3 is 10.2 Å². The highest BCUT2D eigenvalue weighted by Crippen LogP contribution is 1.97. The molecule has 0 aliphatic rings. The fraction of sp³-hybridized carbons (Fsp3) is 0.636. The summed E-state index contributed by atoms with van der Waals surface area (Å²) in [4.78, 5) is 10.7. The Balaban J connectivity index is 2.42. The molecule has 1 N–H and O–H groups in total. The molecule has 1 rings (SSSR count). The van der Waals surface area contributed by atoms with Crippen LogP contribution in [0.25, 0.3) is 0 Å². The Morgan fingerprint density at radius 3 is 2.47 bits per heavy atom. The molecule has 0 aliphatic carbocycles. The Morgan fingerprint density at radius 2 is 1.93 bits per heavy atom. The number of hydrogen-bond donors (Lipinski definition) is 1. The van der Waals surface area contributed by atoms with E-state index in [1.807, 2.05) is 26.5 Å². The summed E-state index contributed by atoms with van der Waals surface area (Å²) in [6, 6.07) is 0. The third-order valence-corrected chi connectivity index (χ3v) is 1.97. The maximum Gasteiger partial charge on any atom is 0.142 e. The van der Waals surface area contributed by atoms with E-state index in [1.54, 1.807) is 0 Å². The second kappa shape index (κ2) is 6.48. The van der Waals surface area contributed by atoms with Gasteiger partial charge in [0.2, 0.25) is 0 Å². The van der Waals surface area contributed by atoms with E-state index in [2.05, 4.69) is 27.1 Å². The number of rotatable bonds is 6. The molecule has 15 heavy (non-hydrogen) atoms. The van der Waals surface area contributed by atoms with E-state index in [4.69, 9.17) is 0 Å². The summed E-state index contributed by atoms with van der Waals surface area (Å²) in [5, 5.41) is 3.32. The normalized spacial score (nSPS) is 10.9. The molecule has 1 heterocycles. The van der Waals surface area contributed by atoms with Gasteiger partial charge in [0.05, 0.1) is 6.54 Å². The lowest BCUT2D eigenvalue weighted by atomic mass is 10.3. The largest absolute Gasteiger partial charge is 0.313 e. The molecular weight excluding hydrogens is 188 g/mol. The number of nitrogens with one attached hydrogen (secondary N) is 1. The van der Waals surface area contributed by atoms with E-state index in [0.29, 0.717) is 0 Å². The molecule has 1 aromatic rings. The van der Waals surface area contributed by atoms with Crippen LogP contribution in [0.5, 0.6) is 0 Å². The second-order valence-electron chi connectivity index (χ2n) is 3.92. The van der Waals surface area contributed by atoms with Crippen molar-refractivity contribution in [3.8, 4) is 0 Å². The minimum absolute atomic E-state index is 0.794. The SMILES string of the molecule is CCCNCc1cnc(CN(C)C)nc1. The molecule has 84 valence electrons. The lowest BCUT2D eigenvalue weighted by Gasteiger charge is -2.08. The van der Waals surface area contributed by atoms with Gasteiger partial charge in [-0.2, -0.15) is 0 Å². The van der Waals surface area contributed by atoms with Gasteiger partial charge in [0.15, 0.2) is 0 Å². The Morgan fingerprint density at radius 1 is 1.27 bits per heavy atom. The van der Waals surface area contributed by atoms with Crippen molar-refractivity contribution >= 4 is 0 Å². The third kappa shape index (κ3) is 4.85. The number of nitrogens with zero attached hydrogens (tertiary/aromatic N) is 3. The van der Waals surface area contributed by atoms with E-state index in [0.717, 1.165) is 37.4 Å². The highest BCUT2D eigenvalue weighted by Gasteiger charge is 1.98. The van der Waals surface area contributed by atoms with Crippen LogP contribution in [0.1, 0.15) is 24.7 Å². The number of hydrogen-bond acceptors (Lipinski definition) is 4. The molecule has 0 bridgehead atoms. The fourth-order valence-electron chi connectivity index (χ4n) is 1.25. The van der Waals surface area contributed by atoms with Crippen LogP contribution < -0.4 is 5.32 Å². The van der Waals surface area contributed by atoms with E-state index in [1.165, 1.54) is 0 Å². The monoisotopic (exact) mass is 208 g/mol. The first kappa shape index (κ1) is 12.1. The van der Waals surface area contributed by atoms with Crippen LogP contribution in [-0.2, 0) is 13.1 Å². The van der Waals surface area contributed by atoms with Gasteiger partial charge >= 0.3 is 0 Å². The Bertz CT molecular complexity index is 268. The molecule has 0 aromatic carbocycles. The van der Waals surface area contributed by atoms with Gasteiger partial charge in [-0.25, -0.2) is 9.97 Å². The quantitative estimate of drug-likeness (QED) is 0.709. The summed E-state index contributed by atoms with van der Waals surface area (Å²) in [6.07, 6.45) is 4.95. The van der Waals surface area contributed by atoms with Crippen molar-refractivity contribution in [2.24, 2.45) is 0 Å². The van der Waals surface area contributed by atoms with Gasteiger partial charge in [-0.3, -0.25) is 0 Å². The van der Waals surface area contributed by atoms with Crippen molar-refractivity contribution in [3.63, 3.8) is 0 Å². The zero-order valence-corrected chi connectivity index (χ0v) is 9.82. The first-order chi connectivity index (χ1) is 7.22. The van der Waals surface area contributed by atoms with Crippen LogP contribution in [0.15, 0.2) is 12.4 Å². The van der Waals surface area contributed by atoms with Crippen molar-refractivity contribution < 1.29 is 0 Å². The highest BCUT2D eigenvalue weighted by atomic mass is 15.1. The molecule has 0 saturated heterocycles. The third-order valence-electron chi connectivity index (χ3n) is 1.97. The zero-order chi connectivity index (χ0) is 11.1. The van der Waals surface area contributed by atoms with Gasteiger partial charge in [0, 0.05) is 24.5 Å². The first-order valence-corrected chi connectivity index (χ1v) is 5.37. The van der Waals surface area contributed by atoms with Crippen LogP contribution in [0.3, 0.4) is 0 Å². The molecule has 0 aliphatic heterocycles. The van der Waals surface area contributed by atoms with Gasteiger partial charge in [-0.1, -0.05) is 6.92 Å². The standard InChI is InChI=1S/C11H20N4/c1-4-5-12-6-10-7-13-11(14-8-10)9-15(2)3/h7-8,12H,4-6,9H2,1-3H3. The van der Waals surface area contributed by atoms with Crippen LogP contribution in [0, 0.1) is 0 Å². The lowest BCUT2D eigenvalue weighted by molar-refractivity contribution is 0.390. The van der Waals surface area contributed by atoms with E-state index < -0.39 is 0 Å². The molecule has 4 nitrogen and oxygen atoms in total. The topological polar surface area (TPSA) is 41.1 Å². The van der Waals surface area contributed by atoms with E-state index in [-0.39, 0.29) is 0 Å². The molecular formula is C11H20N4. The van der Waals surface area contributed by atoms with Crippen molar-refractivity contribution in [1.82, 2.24) is 20.2 Å². The van der Waals surface area contributed by atoms with Gasteiger partial charge in [-0.05, 0) is 27.1 Å². The van der Waals surface area contributed by atoms with Crippen molar-refractivity contribution in [3.05, 3.63) is 23.8 Å². The molecule has 0 radical (unpaired) electrons. The minimum atomic E-state index is 0.794. The van der Waals surface area contributed by atoms with E-state index >= 15 is 0 Å². The predicted octanol–water partition coefficient (Wildman–Crippen LogP) is 1.04. The Labute approximate surface area is 91.7 Å². The molecule has 0 amide bonds. The van der Waals surface area contributed by atoms with Crippen LogP contribution in [-0.4, -0.2) is 35.5 Å². The van der Waals surface area contributed by atoms with Crippen LogP contribution in [0.4, 0.5) is 0 Å². The van der Waals surface area contributed by atoms with E-state index in [9.17, 15) is 0 Å². The average Bonchev–Trinajstić information content (AvgIpc) is 2.20. The summed E-state index contributed by atoms with van der Waals surface area (Å²) in [5.41, 5.74) is 1.14. The van der Waals surface area contributed by atoms with Crippen LogP contribution in [0.2, 0.25) is 0 Å². The van der Waals surface area contributed by atoms with Crippen molar-refractivity contribution in [1.29, 1.82) is 0 Å². The summed E-state index contributed by atoms with van der Waals surface area (Å²) in [7, 11) is 4.03. The molecule has 4 heteroatoms. The van der Waals surface area contributed by atoms with Crippen molar-refractivity contribution in [2.75, 3.05) is 20.6 Å².